The lowest BCUT2D eigenvalue weighted by atomic mass is 9.95. The number of ether oxygens (including phenoxy) is 3. The van der Waals surface area contributed by atoms with E-state index in [1.54, 1.807) is 18.2 Å². The van der Waals surface area contributed by atoms with Gasteiger partial charge in [-0.2, -0.15) is 15.4 Å². The highest BCUT2D eigenvalue weighted by molar-refractivity contribution is 5.99. The van der Waals surface area contributed by atoms with Gasteiger partial charge in [0.2, 0.25) is 5.54 Å². The third kappa shape index (κ3) is 3.21. The van der Waals surface area contributed by atoms with Gasteiger partial charge >= 0.3 is 12.1 Å². The fourth-order valence-corrected chi connectivity index (χ4v) is 3.09. The topological polar surface area (TPSA) is 136 Å². The van der Waals surface area contributed by atoms with Crippen LogP contribution in [0.3, 0.4) is 0 Å². The third-order valence-electron chi connectivity index (χ3n) is 4.51. The van der Waals surface area contributed by atoms with Gasteiger partial charge in [0.1, 0.15) is 11.4 Å². The van der Waals surface area contributed by atoms with Gasteiger partial charge in [-0.3, -0.25) is 10.1 Å². The van der Waals surface area contributed by atoms with Crippen molar-refractivity contribution in [3.05, 3.63) is 41.2 Å². The van der Waals surface area contributed by atoms with E-state index in [2.05, 4.69) is 25.5 Å². The van der Waals surface area contributed by atoms with Crippen LogP contribution in [-0.4, -0.2) is 66.2 Å². The SMILES string of the molecule is COC(=O)N[C@](CN1Cc2ccc(OC)cc2C1=O)(C(=O)OC)c1cn[nH]n1. The Balaban J connectivity index is 1.99. The Morgan fingerprint density at radius 2 is 2.07 bits per heavy atom. The summed E-state index contributed by atoms with van der Waals surface area (Å²) in [5.74, 6) is -0.608. The van der Waals surface area contributed by atoms with Gasteiger partial charge in [0.05, 0.1) is 34.1 Å². The monoisotopic (exact) mass is 389 g/mol. The lowest BCUT2D eigenvalue weighted by molar-refractivity contribution is -0.149. The van der Waals surface area contributed by atoms with Crippen molar-refractivity contribution in [3.8, 4) is 5.75 Å². The van der Waals surface area contributed by atoms with Crippen molar-refractivity contribution in [1.82, 2.24) is 25.6 Å². The number of rotatable bonds is 6. The molecule has 11 nitrogen and oxygen atoms in total. The second-order valence-corrected chi connectivity index (χ2v) is 6.05. The van der Waals surface area contributed by atoms with Crippen LogP contribution in [0, 0.1) is 0 Å². The number of nitrogens with zero attached hydrogens (tertiary/aromatic N) is 3. The molecule has 2 aromatic rings. The number of fused-ring (bicyclic) bond motifs is 1. The summed E-state index contributed by atoms with van der Waals surface area (Å²) in [6, 6.07) is 5.14. The second kappa shape index (κ2) is 7.55. The summed E-state index contributed by atoms with van der Waals surface area (Å²) < 4.78 is 14.7. The predicted molar refractivity (Wildman–Crippen MR) is 93.4 cm³/mol. The molecule has 2 heterocycles. The van der Waals surface area contributed by atoms with Crippen molar-refractivity contribution in [2.45, 2.75) is 12.1 Å². The van der Waals surface area contributed by atoms with Crippen molar-refractivity contribution in [3.63, 3.8) is 0 Å². The maximum Gasteiger partial charge on any atom is 0.408 e. The minimum Gasteiger partial charge on any atom is -0.497 e. The van der Waals surface area contributed by atoms with E-state index in [-0.39, 0.29) is 24.7 Å². The molecule has 0 saturated carbocycles. The molecule has 1 aliphatic rings. The smallest absolute Gasteiger partial charge is 0.408 e. The van der Waals surface area contributed by atoms with Gasteiger partial charge < -0.3 is 19.1 Å². The van der Waals surface area contributed by atoms with Gasteiger partial charge in [-0.1, -0.05) is 6.07 Å². The summed E-state index contributed by atoms with van der Waals surface area (Å²) in [6.45, 7) is -0.00521. The molecule has 11 heteroatoms. The summed E-state index contributed by atoms with van der Waals surface area (Å²) in [5.41, 5.74) is -0.512. The largest absolute Gasteiger partial charge is 0.497 e. The van der Waals surface area contributed by atoms with Crippen LogP contribution in [0.15, 0.2) is 24.4 Å². The first-order chi connectivity index (χ1) is 13.4. The first-order valence-corrected chi connectivity index (χ1v) is 8.22. The molecule has 0 spiro atoms. The maximum absolute atomic E-state index is 12.9. The summed E-state index contributed by atoms with van der Waals surface area (Å²) in [4.78, 5) is 39.0. The number of aromatic amines is 1. The number of H-pyrrole nitrogens is 1. The molecule has 0 saturated heterocycles. The number of carbonyl (C=O) groups excluding carboxylic acids is 3. The first kappa shape index (κ1) is 19.1. The normalized spacial score (nSPS) is 14.8. The van der Waals surface area contributed by atoms with Crippen LogP contribution >= 0.6 is 0 Å². The number of hydrogen-bond donors (Lipinski definition) is 2. The van der Waals surface area contributed by atoms with Crippen molar-refractivity contribution in [1.29, 1.82) is 0 Å². The molecule has 2 amide bonds. The fourth-order valence-electron chi connectivity index (χ4n) is 3.09. The van der Waals surface area contributed by atoms with Crippen LogP contribution in [-0.2, 0) is 26.4 Å². The van der Waals surface area contributed by atoms with E-state index in [0.717, 1.165) is 12.7 Å². The molecule has 0 radical (unpaired) electrons. The number of esters is 1. The molecule has 148 valence electrons. The van der Waals surface area contributed by atoms with Crippen molar-refractivity contribution >= 4 is 18.0 Å². The summed E-state index contributed by atoms with van der Waals surface area (Å²) in [6.07, 6.45) is 0.378. The molecule has 1 aromatic carbocycles. The summed E-state index contributed by atoms with van der Waals surface area (Å²) in [7, 11) is 3.83. The molecule has 28 heavy (non-hydrogen) atoms. The lowest BCUT2D eigenvalue weighted by Gasteiger charge is -2.33. The Labute approximate surface area is 159 Å². The van der Waals surface area contributed by atoms with Crippen LogP contribution < -0.4 is 10.1 Å². The fraction of sp³-hybridized carbons (Fsp3) is 0.353. The van der Waals surface area contributed by atoms with Crippen LogP contribution in [0.2, 0.25) is 0 Å². The van der Waals surface area contributed by atoms with E-state index in [1.165, 1.54) is 25.3 Å². The van der Waals surface area contributed by atoms with E-state index >= 15 is 0 Å². The lowest BCUT2D eigenvalue weighted by Crippen LogP contribution is -2.59. The van der Waals surface area contributed by atoms with Crippen molar-refractivity contribution < 1.29 is 28.6 Å². The minimum absolute atomic E-state index is 0.0751. The zero-order valence-electron chi connectivity index (χ0n) is 15.5. The number of carbonyl (C=O) groups is 3. The van der Waals surface area contributed by atoms with Gasteiger partial charge in [0.15, 0.2) is 0 Å². The summed E-state index contributed by atoms with van der Waals surface area (Å²) >= 11 is 0. The van der Waals surface area contributed by atoms with Crippen LogP contribution in [0.4, 0.5) is 4.79 Å². The number of aromatic nitrogens is 3. The third-order valence-corrected chi connectivity index (χ3v) is 4.51. The molecule has 0 bridgehead atoms. The highest BCUT2D eigenvalue weighted by Crippen LogP contribution is 2.30. The molecule has 2 N–H and O–H groups in total. The van der Waals surface area contributed by atoms with Crippen LogP contribution in [0.25, 0.3) is 0 Å². The Bertz CT molecular complexity index is 899. The molecule has 0 fully saturated rings. The Kier molecular flexibility index (Phi) is 5.16. The average molecular weight is 389 g/mol. The van der Waals surface area contributed by atoms with E-state index < -0.39 is 17.6 Å². The number of amides is 2. The predicted octanol–water partition coefficient (Wildman–Crippen LogP) is 0.194. The Morgan fingerprint density at radius 1 is 1.29 bits per heavy atom. The molecule has 1 atom stereocenters. The molecule has 3 rings (SSSR count). The minimum atomic E-state index is -1.81. The van der Waals surface area contributed by atoms with Crippen LogP contribution in [0.1, 0.15) is 21.6 Å². The number of methoxy groups -OCH3 is 3. The Hall–Kier alpha value is -3.63. The van der Waals surface area contributed by atoms with Crippen molar-refractivity contribution in [2.75, 3.05) is 27.9 Å². The molecule has 1 aliphatic heterocycles. The molecule has 0 unspecified atom stereocenters. The maximum atomic E-state index is 12.9. The van der Waals surface area contributed by atoms with Gasteiger partial charge in [-0.25, -0.2) is 9.59 Å². The van der Waals surface area contributed by atoms with E-state index in [4.69, 9.17) is 9.47 Å². The highest BCUT2D eigenvalue weighted by atomic mass is 16.5. The van der Waals surface area contributed by atoms with Crippen molar-refractivity contribution in [2.24, 2.45) is 0 Å². The standard InChI is InChI=1S/C17H19N5O6/c1-26-11-5-4-10-8-22(14(23)12(10)6-11)9-17(15(24)27-2,19-16(25)28-3)13-7-18-21-20-13/h4-7H,8-9H2,1-3H3,(H,19,25)(H,18,20,21)/t17-/m0/s1. The molecular weight excluding hydrogens is 370 g/mol. The molecular formula is C17H19N5O6. The van der Waals surface area contributed by atoms with Gasteiger partial charge in [-0.05, 0) is 17.7 Å². The number of hydrogen-bond acceptors (Lipinski definition) is 8. The number of benzene rings is 1. The van der Waals surface area contributed by atoms with Crippen LogP contribution in [0.5, 0.6) is 5.75 Å². The van der Waals surface area contributed by atoms with E-state index in [9.17, 15) is 14.4 Å². The number of nitrogens with one attached hydrogen (secondary N) is 2. The summed E-state index contributed by atoms with van der Waals surface area (Å²) in [5, 5.41) is 12.5. The van der Waals surface area contributed by atoms with Gasteiger partial charge in [0, 0.05) is 12.1 Å². The average Bonchev–Trinajstić information content (AvgIpc) is 3.35. The highest BCUT2D eigenvalue weighted by Gasteiger charge is 2.49. The zero-order valence-corrected chi connectivity index (χ0v) is 15.5. The quantitative estimate of drug-likeness (QED) is 0.669. The molecule has 1 aromatic heterocycles. The van der Waals surface area contributed by atoms with Gasteiger partial charge in [-0.15, -0.1) is 0 Å². The zero-order chi connectivity index (χ0) is 20.3. The molecule has 0 aliphatic carbocycles. The van der Waals surface area contributed by atoms with Gasteiger partial charge in [0.25, 0.3) is 5.91 Å². The first-order valence-electron chi connectivity index (χ1n) is 8.22. The second-order valence-electron chi connectivity index (χ2n) is 6.05. The number of alkyl carbamates (subject to hydrolysis) is 1. The van der Waals surface area contributed by atoms with E-state index in [1.807, 2.05) is 0 Å². The van der Waals surface area contributed by atoms with E-state index in [0.29, 0.717) is 11.3 Å². The Morgan fingerprint density at radius 3 is 2.68 bits per heavy atom.